The van der Waals surface area contributed by atoms with Gasteiger partial charge in [-0.25, -0.2) is 4.98 Å². The van der Waals surface area contributed by atoms with E-state index in [1.807, 2.05) is 24.3 Å². The third-order valence-electron chi connectivity index (χ3n) is 4.65. The molecule has 27 heavy (non-hydrogen) atoms. The molecule has 8 heteroatoms. The number of ether oxygens (including phenoxy) is 2. The Morgan fingerprint density at radius 1 is 1.26 bits per heavy atom. The molecule has 0 fully saturated rings. The van der Waals surface area contributed by atoms with Crippen LogP contribution in [0.2, 0.25) is 0 Å². The summed E-state index contributed by atoms with van der Waals surface area (Å²) in [5.41, 5.74) is 0.250. The Balaban J connectivity index is 1.51. The highest BCUT2D eigenvalue weighted by molar-refractivity contribution is 5.33. The number of nitrogens with one attached hydrogen (secondary N) is 1. The molecule has 1 atom stereocenters. The van der Waals surface area contributed by atoms with Gasteiger partial charge in [-0.05, 0) is 24.9 Å². The number of rotatable bonds is 8. The molecule has 1 aromatic carbocycles. The zero-order valence-electron chi connectivity index (χ0n) is 15.3. The first-order valence-electron chi connectivity index (χ1n) is 9.01. The van der Waals surface area contributed by atoms with Gasteiger partial charge in [0.25, 0.3) is 0 Å². The summed E-state index contributed by atoms with van der Waals surface area (Å²) in [5.74, 6) is 1.61. The molecule has 0 aliphatic carbocycles. The third-order valence-corrected chi connectivity index (χ3v) is 4.65. The molecule has 1 aliphatic heterocycles. The van der Waals surface area contributed by atoms with Crippen LogP contribution < -0.4 is 10.1 Å². The topological polar surface area (TPSA) is 48.3 Å². The van der Waals surface area contributed by atoms with Crippen LogP contribution in [-0.4, -0.2) is 36.4 Å². The maximum absolute atomic E-state index is 12.8. The van der Waals surface area contributed by atoms with Crippen molar-refractivity contribution in [1.82, 2.24) is 14.9 Å². The fourth-order valence-corrected chi connectivity index (χ4v) is 3.25. The lowest BCUT2D eigenvalue weighted by Crippen LogP contribution is -2.29. The van der Waals surface area contributed by atoms with Crippen LogP contribution in [-0.2, 0) is 30.4 Å². The summed E-state index contributed by atoms with van der Waals surface area (Å²) in [5, 5.41) is 3.40. The SMILES string of the molecule is COCCOc1ccccc1CNC[C@H]1CCc2nc(C(F)(F)F)cn2C1. The molecule has 0 spiro atoms. The number of hydrogen-bond acceptors (Lipinski definition) is 4. The predicted molar refractivity (Wildman–Crippen MR) is 94.6 cm³/mol. The predicted octanol–water partition coefficient (Wildman–Crippen LogP) is 3.28. The number of imidazole rings is 1. The standard InChI is InChI=1S/C19H24F3N3O2/c1-26-8-9-27-16-5-3-2-4-15(16)11-23-10-14-6-7-18-24-17(19(20,21)22)13-25(18)12-14/h2-5,13-14,23H,6-12H2,1H3/t14-/m1/s1. The van der Waals surface area contributed by atoms with Gasteiger partial charge in [0.15, 0.2) is 5.69 Å². The van der Waals surface area contributed by atoms with E-state index in [4.69, 9.17) is 9.47 Å². The van der Waals surface area contributed by atoms with E-state index in [2.05, 4.69) is 10.3 Å². The zero-order chi connectivity index (χ0) is 19.3. The van der Waals surface area contributed by atoms with Crippen molar-refractivity contribution in [2.45, 2.75) is 32.1 Å². The average Bonchev–Trinajstić information content (AvgIpc) is 3.07. The number of alkyl halides is 3. The first-order chi connectivity index (χ1) is 13.0. The monoisotopic (exact) mass is 383 g/mol. The van der Waals surface area contributed by atoms with Crippen molar-refractivity contribution in [3.63, 3.8) is 0 Å². The van der Waals surface area contributed by atoms with E-state index in [0.29, 0.717) is 38.5 Å². The second-order valence-electron chi connectivity index (χ2n) is 6.68. The van der Waals surface area contributed by atoms with Gasteiger partial charge in [-0.15, -0.1) is 0 Å². The zero-order valence-corrected chi connectivity index (χ0v) is 15.3. The van der Waals surface area contributed by atoms with Crippen LogP contribution >= 0.6 is 0 Å². The minimum absolute atomic E-state index is 0.273. The average molecular weight is 383 g/mol. The van der Waals surface area contributed by atoms with Gasteiger partial charge in [-0.1, -0.05) is 18.2 Å². The second kappa shape index (κ2) is 8.75. The summed E-state index contributed by atoms with van der Waals surface area (Å²) in [6.07, 6.45) is -1.86. The Hall–Kier alpha value is -2.06. The molecule has 0 amide bonds. The Morgan fingerprint density at radius 2 is 2.07 bits per heavy atom. The van der Waals surface area contributed by atoms with E-state index in [0.717, 1.165) is 30.5 Å². The van der Waals surface area contributed by atoms with Crippen molar-refractivity contribution in [2.75, 3.05) is 26.9 Å². The largest absolute Gasteiger partial charge is 0.491 e. The van der Waals surface area contributed by atoms with Crippen LogP contribution in [0.25, 0.3) is 0 Å². The summed E-state index contributed by atoms with van der Waals surface area (Å²) in [4.78, 5) is 3.72. The molecule has 0 radical (unpaired) electrons. The smallest absolute Gasteiger partial charge is 0.434 e. The molecule has 5 nitrogen and oxygen atoms in total. The van der Waals surface area contributed by atoms with Crippen LogP contribution in [0.3, 0.4) is 0 Å². The molecular formula is C19H24F3N3O2. The summed E-state index contributed by atoms with van der Waals surface area (Å²) in [6, 6.07) is 7.80. The van der Waals surface area contributed by atoms with E-state index < -0.39 is 11.9 Å². The number of nitrogens with zero attached hydrogens (tertiary/aromatic N) is 2. The van der Waals surface area contributed by atoms with Gasteiger partial charge in [0.05, 0.1) is 6.61 Å². The molecule has 2 heterocycles. The number of hydrogen-bond donors (Lipinski definition) is 1. The molecular weight excluding hydrogens is 359 g/mol. The first kappa shape index (κ1) is 19.7. The fraction of sp³-hybridized carbons (Fsp3) is 0.526. The van der Waals surface area contributed by atoms with Crippen molar-refractivity contribution in [3.05, 3.63) is 47.5 Å². The quantitative estimate of drug-likeness (QED) is 0.711. The van der Waals surface area contributed by atoms with Crippen molar-refractivity contribution >= 4 is 0 Å². The summed E-state index contributed by atoms with van der Waals surface area (Å²) >= 11 is 0. The molecule has 0 saturated carbocycles. The van der Waals surface area contributed by atoms with Gasteiger partial charge in [0, 0.05) is 38.4 Å². The number of aryl methyl sites for hydroxylation is 1. The van der Waals surface area contributed by atoms with Crippen LogP contribution in [0.1, 0.15) is 23.5 Å². The summed E-state index contributed by atoms with van der Waals surface area (Å²) in [6.45, 7) is 2.94. The van der Waals surface area contributed by atoms with E-state index in [1.54, 1.807) is 11.7 Å². The number of aromatic nitrogens is 2. The maximum Gasteiger partial charge on any atom is 0.434 e. The van der Waals surface area contributed by atoms with Crippen LogP contribution in [0.4, 0.5) is 13.2 Å². The minimum atomic E-state index is -4.38. The van der Waals surface area contributed by atoms with Crippen LogP contribution in [0.15, 0.2) is 30.5 Å². The Labute approximate surface area is 156 Å². The molecule has 148 valence electrons. The van der Waals surface area contributed by atoms with E-state index >= 15 is 0 Å². The van der Waals surface area contributed by atoms with Crippen molar-refractivity contribution in [3.8, 4) is 5.75 Å². The van der Waals surface area contributed by atoms with E-state index in [9.17, 15) is 13.2 Å². The fourth-order valence-electron chi connectivity index (χ4n) is 3.25. The minimum Gasteiger partial charge on any atom is -0.491 e. The molecule has 1 aliphatic rings. The molecule has 1 aromatic heterocycles. The van der Waals surface area contributed by atoms with Crippen LogP contribution in [0, 0.1) is 5.92 Å². The number of methoxy groups -OCH3 is 1. The van der Waals surface area contributed by atoms with Crippen molar-refractivity contribution in [1.29, 1.82) is 0 Å². The van der Waals surface area contributed by atoms with Gasteiger partial charge in [-0.2, -0.15) is 13.2 Å². The summed E-state index contributed by atoms with van der Waals surface area (Å²) in [7, 11) is 1.63. The maximum atomic E-state index is 12.8. The van der Waals surface area contributed by atoms with Gasteiger partial charge in [0.1, 0.15) is 18.2 Å². The van der Waals surface area contributed by atoms with Gasteiger partial charge >= 0.3 is 6.18 Å². The van der Waals surface area contributed by atoms with Gasteiger partial charge in [0.2, 0.25) is 0 Å². The van der Waals surface area contributed by atoms with E-state index in [1.165, 1.54) is 0 Å². The normalized spacial score (nSPS) is 17.0. The highest BCUT2D eigenvalue weighted by Crippen LogP contribution is 2.30. The molecule has 3 rings (SSSR count). The molecule has 1 N–H and O–H groups in total. The van der Waals surface area contributed by atoms with Crippen molar-refractivity contribution in [2.24, 2.45) is 5.92 Å². The molecule has 0 bridgehead atoms. The molecule has 0 saturated heterocycles. The Morgan fingerprint density at radius 3 is 2.85 bits per heavy atom. The number of benzene rings is 1. The first-order valence-corrected chi connectivity index (χ1v) is 9.01. The lowest BCUT2D eigenvalue weighted by Gasteiger charge is -2.24. The van der Waals surface area contributed by atoms with E-state index in [-0.39, 0.29) is 5.92 Å². The van der Waals surface area contributed by atoms with Crippen LogP contribution in [0.5, 0.6) is 5.75 Å². The number of para-hydroxylation sites is 1. The number of halogens is 3. The Bertz CT molecular complexity index is 746. The lowest BCUT2D eigenvalue weighted by molar-refractivity contribution is -0.141. The van der Waals surface area contributed by atoms with Crippen molar-refractivity contribution < 1.29 is 22.6 Å². The number of fused-ring (bicyclic) bond motifs is 1. The van der Waals surface area contributed by atoms with Gasteiger partial charge < -0.3 is 19.4 Å². The lowest BCUT2D eigenvalue weighted by atomic mass is 9.99. The summed E-state index contributed by atoms with van der Waals surface area (Å²) < 4.78 is 50.8. The highest BCUT2D eigenvalue weighted by Gasteiger charge is 2.35. The molecule has 2 aromatic rings. The molecule has 0 unspecified atom stereocenters. The Kier molecular flexibility index (Phi) is 6.38. The van der Waals surface area contributed by atoms with Gasteiger partial charge in [-0.3, -0.25) is 0 Å². The third kappa shape index (κ3) is 5.23. The highest BCUT2D eigenvalue weighted by atomic mass is 19.4. The second-order valence-corrected chi connectivity index (χ2v) is 6.68.